The van der Waals surface area contributed by atoms with Gasteiger partial charge in [-0.05, 0) is 36.4 Å². The number of piperazine rings is 1. The molecule has 0 aliphatic carbocycles. The molecule has 1 saturated heterocycles. The Bertz CT molecular complexity index is 775. The SMILES string of the molecule is COc1ccc(NC(=O)C[NH+]2CCN(c3ccc(Cl)cc3)CC2)cc1OC. The summed E-state index contributed by atoms with van der Waals surface area (Å²) >= 11 is 5.95. The number of hydrogen-bond acceptors (Lipinski definition) is 4. The molecule has 2 aromatic carbocycles. The summed E-state index contributed by atoms with van der Waals surface area (Å²) in [7, 11) is 3.16. The quantitative estimate of drug-likeness (QED) is 0.788. The van der Waals surface area contributed by atoms with Gasteiger partial charge in [0.2, 0.25) is 0 Å². The van der Waals surface area contributed by atoms with Gasteiger partial charge in [0, 0.05) is 22.5 Å². The molecule has 144 valence electrons. The van der Waals surface area contributed by atoms with Crippen LogP contribution in [0.1, 0.15) is 0 Å². The summed E-state index contributed by atoms with van der Waals surface area (Å²) in [6.45, 7) is 4.12. The van der Waals surface area contributed by atoms with Crippen molar-refractivity contribution in [3.8, 4) is 11.5 Å². The lowest BCUT2D eigenvalue weighted by Crippen LogP contribution is -3.15. The van der Waals surface area contributed by atoms with Crippen LogP contribution in [-0.2, 0) is 4.79 Å². The van der Waals surface area contributed by atoms with Crippen LogP contribution in [-0.4, -0.2) is 52.9 Å². The molecule has 0 spiro atoms. The van der Waals surface area contributed by atoms with Crippen LogP contribution in [0.2, 0.25) is 5.02 Å². The molecule has 6 nitrogen and oxygen atoms in total. The van der Waals surface area contributed by atoms with Crippen molar-refractivity contribution in [2.45, 2.75) is 0 Å². The molecule has 2 aromatic rings. The molecule has 0 saturated carbocycles. The van der Waals surface area contributed by atoms with Crippen LogP contribution >= 0.6 is 11.6 Å². The summed E-state index contributed by atoms with van der Waals surface area (Å²) in [4.78, 5) is 16.0. The zero-order valence-electron chi connectivity index (χ0n) is 15.6. The van der Waals surface area contributed by atoms with Crippen molar-refractivity contribution in [2.75, 3.05) is 57.2 Å². The number of nitrogens with one attached hydrogen (secondary N) is 2. The maximum absolute atomic E-state index is 12.4. The molecule has 1 fully saturated rings. The lowest BCUT2D eigenvalue weighted by molar-refractivity contribution is -0.892. The van der Waals surface area contributed by atoms with E-state index < -0.39 is 0 Å². The molecular formula is C20H25ClN3O3+. The molecule has 7 heteroatoms. The average Bonchev–Trinajstić information content (AvgIpc) is 2.69. The molecule has 1 aliphatic rings. The summed E-state index contributed by atoms with van der Waals surface area (Å²) in [5.74, 6) is 1.23. The Hall–Kier alpha value is -2.44. The molecule has 1 amide bonds. The van der Waals surface area contributed by atoms with E-state index in [2.05, 4.69) is 10.2 Å². The Balaban J connectivity index is 1.50. The average molecular weight is 391 g/mol. The van der Waals surface area contributed by atoms with Crippen molar-refractivity contribution < 1.29 is 19.2 Å². The van der Waals surface area contributed by atoms with Crippen LogP contribution in [0.5, 0.6) is 11.5 Å². The molecule has 27 heavy (non-hydrogen) atoms. The summed E-state index contributed by atoms with van der Waals surface area (Å²) in [6.07, 6.45) is 0. The van der Waals surface area contributed by atoms with E-state index in [0.29, 0.717) is 23.7 Å². The minimum atomic E-state index is -0.00263. The molecule has 3 rings (SSSR count). The topological polar surface area (TPSA) is 55.2 Å². The smallest absolute Gasteiger partial charge is 0.279 e. The van der Waals surface area contributed by atoms with Crippen LogP contribution in [0.25, 0.3) is 0 Å². The number of anilines is 2. The summed E-state index contributed by atoms with van der Waals surface area (Å²) in [5.41, 5.74) is 1.88. The number of amides is 1. The summed E-state index contributed by atoms with van der Waals surface area (Å²) < 4.78 is 10.5. The van der Waals surface area contributed by atoms with E-state index in [0.717, 1.165) is 31.2 Å². The third kappa shape index (κ3) is 5.05. The summed E-state index contributed by atoms with van der Waals surface area (Å²) in [6, 6.07) is 13.3. The third-order valence-electron chi connectivity index (χ3n) is 4.74. The van der Waals surface area contributed by atoms with Crippen LogP contribution in [0.3, 0.4) is 0 Å². The molecule has 1 heterocycles. The lowest BCUT2D eigenvalue weighted by atomic mass is 10.2. The maximum atomic E-state index is 12.4. The molecule has 1 aliphatic heterocycles. The highest BCUT2D eigenvalue weighted by Crippen LogP contribution is 2.29. The predicted octanol–water partition coefficient (Wildman–Crippen LogP) is 1.70. The number of benzene rings is 2. The Morgan fingerprint density at radius 3 is 2.37 bits per heavy atom. The number of nitrogens with zero attached hydrogens (tertiary/aromatic N) is 1. The number of carbonyl (C=O) groups is 1. The van der Waals surface area contributed by atoms with E-state index >= 15 is 0 Å². The van der Waals surface area contributed by atoms with Gasteiger partial charge in [-0.2, -0.15) is 0 Å². The highest BCUT2D eigenvalue weighted by molar-refractivity contribution is 6.30. The summed E-state index contributed by atoms with van der Waals surface area (Å²) in [5, 5.41) is 3.69. The number of quaternary nitrogens is 1. The molecule has 0 aromatic heterocycles. The molecule has 0 bridgehead atoms. The van der Waals surface area contributed by atoms with Gasteiger partial charge in [0.1, 0.15) is 0 Å². The number of ether oxygens (including phenoxy) is 2. The third-order valence-corrected chi connectivity index (χ3v) is 4.99. The first-order chi connectivity index (χ1) is 13.1. The minimum absolute atomic E-state index is 0.00263. The van der Waals surface area contributed by atoms with Crippen molar-refractivity contribution in [3.63, 3.8) is 0 Å². The largest absolute Gasteiger partial charge is 0.493 e. The predicted molar refractivity (Wildman–Crippen MR) is 107 cm³/mol. The molecular weight excluding hydrogens is 366 g/mol. The van der Waals surface area contributed by atoms with Crippen molar-refractivity contribution in [2.24, 2.45) is 0 Å². The maximum Gasteiger partial charge on any atom is 0.279 e. The Kier molecular flexibility index (Phi) is 6.42. The van der Waals surface area contributed by atoms with E-state index in [1.54, 1.807) is 26.4 Å². The van der Waals surface area contributed by atoms with Gasteiger partial charge < -0.3 is 24.6 Å². The first-order valence-electron chi connectivity index (χ1n) is 8.95. The van der Waals surface area contributed by atoms with Gasteiger partial charge in [-0.25, -0.2) is 0 Å². The van der Waals surface area contributed by atoms with Gasteiger partial charge in [-0.1, -0.05) is 11.6 Å². The molecule has 0 radical (unpaired) electrons. The van der Waals surface area contributed by atoms with E-state index in [1.807, 2.05) is 30.3 Å². The second kappa shape index (κ2) is 8.97. The van der Waals surface area contributed by atoms with E-state index in [4.69, 9.17) is 21.1 Å². The Morgan fingerprint density at radius 2 is 1.74 bits per heavy atom. The van der Waals surface area contributed by atoms with E-state index in [1.165, 1.54) is 10.6 Å². The van der Waals surface area contributed by atoms with Gasteiger partial charge in [0.15, 0.2) is 18.0 Å². The van der Waals surface area contributed by atoms with E-state index in [-0.39, 0.29) is 5.91 Å². The van der Waals surface area contributed by atoms with Crippen LogP contribution < -0.4 is 24.6 Å². The highest BCUT2D eigenvalue weighted by Gasteiger charge is 2.22. The van der Waals surface area contributed by atoms with Gasteiger partial charge >= 0.3 is 0 Å². The molecule has 0 unspecified atom stereocenters. The van der Waals surface area contributed by atoms with Crippen molar-refractivity contribution in [1.29, 1.82) is 0 Å². The van der Waals surface area contributed by atoms with Crippen LogP contribution in [0.15, 0.2) is 42.5 Å². The standard InChI is InChI=1S/C20H24ClN3O3/c1-26-18-8-5-16(13-19(18)27-2)22-20(25)14-23-9-11-24(12-10-23)17-6-3-15(21)4-7-17/h3-8,13H,9-12,14H2,1-2H3,(H,22,25)/p+1. The number of methoxy groups -OCH3 is 2. The van der Waals surface area contributed by atoms with Crippen molar-refractivity contribution in [1.82, 2.24) is 0 Å². The monoisotopic (exact) mass is 390 g/mol. The van der Waals surface area contributed by atoms with Crippen LogP contribution in [0, 0.1) is 0 Å². The first-order valence-corrected chi connectivity index (χ1v) is 9.33. The number of carbonyl (C=O) groups excluding carboxylic acids is 1. The van der Waals surface area contributed by atoms with Crippen LogP contribution in [0.4, 0.5) is 11.4 Å². The van der Waals surface area contributed by atoms with Crippen molar-refractivity contribution >= 4 is 28.9 Å². The Labute approximate surface area is 164 Å². The molecule has 2 N–H and O–H groups in total. The Morgan fingerprint density at radius 1 is 1.07 bits per heavy atom. The molecule has 0 atom stereocenters. The number of hydrogen-bond donors (Lipinski definition) is 2. The zero-order chi connectivity index (χ0) is 19.2. The zero-order valence-corrected chi connectivity index (χ0v) is 16.4. The first kappa shape index (κ1) is 19.3. The second-order valence-electron chi connectivity index (χ2n) is 6.51. The van der Waals surface area contributed by atoms with Gasteiger partial charge in [0.05, 0.1) is 40.4 Å². The lowest BCUT2D eigenvalue weighted by Gasteiger charge is -2.33. The van der Waals surface area contributed by atoms with Gasteiger partial charge in [-0.3, -0.25) is 4.79 Å². The van der Waals surface area contributed by atoms with Gasteiger partial charge in [0.25, 0.3) is 5.91 Å². The fourth-order valence-electron chi connectivity index (χ4n) is 3.26. The highest BCUT2D eigenvalue weighted by atomic mass is 35.5. The number of rotatable bonds is 6. The minimum Gasteiger partial charge on any atom is -0.493 e. The fourth-order valence-corrected chi connectivity index (χ4v) is 3.38. The van der Waals surface area contributed by atoms with E-state index in [9.17, 15) is 4.79 Å². The fraction of sp³-hybridized carbons (Fsp3) is 0.350. The normalized spacial score (nSPS) is 14.7. The van der Waals surface area contributed by atoms with Gasteiger partial charge in [-0.15, -0.1) is 0 Å². The second-order valence-corrected chi connectivity index (χ2v) is 6.94. The van der Waals surface area contributed by atoms with Crippen molar-refractivity contribution in [3.05, 3.63) is 47.5 Å². The number of halogens is 1.